The Morgan fingerprint density at radius 2 is 2.05 bits per heavy atom. The number of hydrogen-bond donors (Lipinski definition) is 2. The Morgan fingerprint density at radius 1 is 1.27 bits per heavy atom. The number of guanidine groups is 1. The number of hydrogen-bond acceptors (Lipinski definition) is 3. The molecule has 5 heteroatoms. The van der Waals surface area contributed by atoms with Crippen LogP contribution in [0.4, 0.5) is 0 Å². The van der Waals surface area contributed by atoms with Gasteiger partial charge in [-0.2, -0.15) is 0 Å². The van der Waals surface area contributed by atoms with Crippen LogP contribution in [0.15, 0.2) is 9.41 Å². The predicted molar refractivity (Wildman–Crippen MR) is 87.8 cm³/mol. The lowest BCUT2D eigenvalue weighted by Gasteiger charge is -2.22. The number of nitrogens with zero attached hydrogens (tertiary/aromatic N) is 2. The van der Waals surface area contributed by atoms with E-state index in [-0.39, 0.29) is 0 Å². The van der Waals surface area contributed by atoms with Crippen LogP contribution in [0.3, 0.4) is 0 Å². The molecule has 2 saturated carbocycles. The van der Waals surface area contributed by atoms with E-state index in [0.717, 1.165) is 35.1 Å². The fourth-order valence-electron chi connectivity index (χ4n) is 3.61. The van der Waals surface area contributed by atoms with Gasteiger partial charge in [-0.15, -0.1) is 0 Å². The van der Waals surface area contributed by atoms with Crippen molar-refractivity contribution in [3.8, 4) is 0 Å². The van der Waals surface area contributed by atoms with Gasteiger partial charge in [0.25, 0.3) is 0 Å². The van der Waals surface area contributed by atoms with E-state index < -0.39 is 0 Å². The fourth-order valence-corrected chi connectivity index (χ4v) is 3.61. The zero-order valence-corrected chi connectivity index (χ0v) is 14.0. The molecular weight excluding hydrogens is 276 g/mol. The Kier molecular flexibility index (Phi) is 4.69. The van der Waals surface area contributed by atoms with Crippen LogP contribution < -0.4 is 10.6 Å². The van der Waals surface area contributed by atoms with Crippen molar-refractivity contribution in [2.24, 2.45) is 16.8 Å². The zero-order valence-electron chi connectivity index (χ0n) is 14.0. The third kappa shape index (κ3) is 3.62. The van der Waals surface area contributed by atoms with E-state index in [1.807, 2.05) is 20.9 Å². The Hall–Kier alpha value is -1.52. The third-order valence-corrected chi connectivity index (χ3v) is 5.12. The van der Waals surface area contributed by atoms with Crippen molar-refractivity contribution in [1.82, 2.24) is 15.6 Å². The first-order chi connectivity index (χ1) is 10.7. The maximum absolute atomic E-state index is 5.59. The van der Waals surface area contributed by atoms with Gasteiger partial charge in [-0.05, 0) is 32.1 Å². The smallest absolute Gasteiger partial charge is 0.214 e. The zero-order chi connectivity index (χ0) is 15.5. The maximum Gasteiger partial charge on any atom is 0.214 e. The minimum Gasteiger partial charge on any atom is -0.444 e. The average Bonchev–Trinajstić information content (AvgIpc) is 3.23. The largest absolute Gasteiger partial charge is 0.444 e. The van der Waals surface area contributed by atoms with Crippen molar-refractivity contribution in [1.29, 1.82) is 0 Å². The van der Waals surface area contributed by atoms with Crippen LogP contribution >= 0.6 is 0 Å². The van der Waals surface area contributed by atoms with Gasteiger partial charge in [-0.3, -0.25) is 4.99 Å². The summed E-state index contributed by atoms with van der Waals surface area (Å²) in [7, 11) is 1.82. The van der Waals surface area contributed by atoms with E-state index in [1.54, 1.807) is 0 Å². The van der Waals surface area contributed by atoms with E-state index in [2.05, 4.69) is 20.6 Å². The number of rotatable bonds is 4. The molecule has 5 nitrogen and oxygen atoms in total. The highest BCUT2D eigenvalue weighted by atomic mass is 16.4. The second-order valence-electron chi connectivity index (χ2n) is 6.72. The van der Waals surface area contributed by atoms with E-state index in [1.165, 1.54) is 38.5 Å². The standard InChI is InChI=1S/C17H28N4O/c1-11-12(2)22-16(20-11)10-19-17(18-3)21-15-9-14(15)13-7-5-4-6-8-13/h13-15H,4-10H2,1-3H3,(H2,18,19,21). The van der Waals surface area contributed by atoms with Crippen LogP contribution in [0.5, 0.6) is 0 Å². The maximum atomic E-state index is 5.59. The van der Waals surface area contributed by atoms with Crippen molar-refractivity contribution in [2.45, 2.75) is 65.0 Å². The van der Waals surface area contributed by atoms with Gasteiger partial charge < -0.3 is 15.1 Å². The number of aryl methyl sites for hydroxylation is 2. The molecule has 1 aromatic rings. The van der Waals surface area contributed by atoms with Crippen LogP contribution in [0.1, 0.15) is 55.9 Å². The van der Waals surface area contributed by atoms with Crippen molar-refractivity contribution >= 4 is 5.96 Å². The summed E-state index contributed by atoms with van der Waals surface area (Å²) in [6.45, 7) is 4.49. The first kappa shape index (κ1) is 15.4. The van der Waals surface area contributed by atoms with Gasteiger partial charge in [0.15, 0.2) is 5.96 Å². The Morgan fingerprint density at radius 3 is 2.68 bits per heavy atom. The SMILES string of the molecule is CN=C(NCc1nc(C)c(C)o1)NC1CC1C1CCCCC1. The Balaban J connectivity index is 1.45. The lowest BCUT2D eigenvalue weighted by molar-refractivity contribution is 0.315. The van der Waals surface area contributed by atoms with Crippen LogP contribution in [0, 0.1) is 25.7 Å². The molecule has 2 N–H and O–H groups in total. The van der Waals surface area contributed by atoms with Crippen molar-refractivity contribution in [3.05, 3.63) is 17.3 Å². The topological polar surface area (TPSA) is 62.5 Å². The second kappa shape index (κ2) is 6.71. The number of aromatic nitrogens is 1. The second-order valence-corrected chi connectivity index (χ2v) is 6.72. The highest BCUT2D eigenvalue weighted by molar-refractivity contribution is 5.80. The van der Waals surface area contributed by atoms with Gasteiger partial charge in [0.2, 0.25) is 5.89 Å². The summed E-state index contributed by atoms with van der Waals surface area (Å²) < 4.78 is 5.59. The molecule has 3 rings (SSSR count). The lowest BCUT2D eigenvalue weighted by Crippen LogP contribution is -2.39. The predicted octanol–water partition coefficient (Wildman–Crippen LogP) is 2.93. The van der Waals surface area contributed by atoms with Crippen LogP contribution in [0.2, 0.25) is 0 Å². The van der Waals surface area contributed by atoms with Gasteiger partial charge in [-0.25, -0.2) is 4.98 Å². The van der Waals surface area contributed by atoms with Gasteiger partial charge in [0.05, 0.1) is 12.2 Å². The quantitative estimate of drug-likeness (QED) is 0.663. The molecule has 2 unspecified atom stereocenters. The number of nitrogens with one attached hydrogen (secondary N) is 2. The molecule has 2 aliphatic carbocycles. The molecule has 0 saturated heterocycles. The van der Waals surface area contributed by atoms with Gasteiger partial charge >= 0.3 is 0 Å². The first-order valence-electron chi connectivity index (χ1n) is 8.57. The average molecular weight is 304 g/mol. The summed E-state index contributed by atoms with van der Waals surface area (Å²) in [4.78, 5) is 8.70. The molecule has 0 bridgehead atoms. The van der Waals surface area contributed by atoms with Crippen molar-refractivity contribution < 1.29 is 4.42 Å². The fraction of sp³-hybridized carbons (Fsp3) is 0.765. The third-order valence-electron chi connectivity index (χ3n) is 5.12. The van der Waals surface area contributed by atoms with Gasteiger partial charge in [-0.1, -0.05) is 32.1 Å². The first-order valence-corrected chi connectivity index (χ1v) is 8.57. The molecule has 0 aromatic carbocycles. The summed E-state index contributed by atoms with van der Waals surface area (Å²) in [6, 6.07) is 0.599. The molecule has 2 fully saturated rings. The summed E-state index contributed by atoms with van der Waals surface area (Å²) >= 11 is 0. The summed E-state index contributed by atoms with van der Waals surface area (Å²) in [5.74, 6) is 4.25. The highest BCUT2D eigenvalue weighted by Gasteiger charge is 2.43. The highest BCUT2D eigenvalue weighted by Crippen LogP contribution is 2.44. The van der Waals surface area contributed by atoms with Gasteiger partial charge in [0.1, 0.15) is 5.76 Å². The van der Waals surface area contributed by atoms with Crippen LogP contribution in [0.25, 0.3) is 0 Å². The molecule has 0 spiro atoms. The molecule has 122 valence electrons. The minimum absolute atomic E-state index is 0.579. The summed E-state index contributed by atoms with van der Waals surface area (Å²) in [6.07, 6.45) is 8.41. The molecule has 1 heterocycles. The van der Waals surface area contributed by atoms with Crippen molar-refractivity contribution in [2.75, 3.05) is 7.05 Å². The Labute approximate surface area is 133 Å². The van der Waals surface area contributed by atoms with E-state index in [0.29, 0.717) is 12.6 Å². The van der Waals surface area contributed by atoms with Crippen LogP contribution in [-0.2, 0) is 6.54 Å². The summed E-state index contributed by atoms with van der Waals surface area (Å²) in [5.41, 5.74) is 0.958. The number of oxazole rings is 1. The molecule has 0 aliphatic heterocycles. The van der Waals surface area contributed by atoms with Gasteiger partial charge in [0, 0.05) is 13.1 Å². The van der Waals surface area contributed by atoms with E-state index in [9.17, 15) is 0 Å². The minimum atomic E-state index is 0.579. The molecule has 0 amide bonds. The normalized spacial score (nSPS) is 26.0. The summed E-state index contributed by atoms with van der Waals surface area (Å²) in [5, 5.41) is 6.85. The molecule has 2 atom stereocenters. The van der Waals surface area contributed by atoms with E-state index in [4.69, 9.17) is 4.42 Å². The molecule has 22 heavy (non-hydrogen) atoms. The number of aliphatic imine (C=N–C) groups is 1. The van der Waals surface area contributed by atoms with Crippen molar-refractivity contribution in [3.63, 3.8) is 0 Å². The molecular formula is C17H28N4O. The van der Waals surface area contributed by atoms with E-state index >= 15 is 0 Å². The molecule has 1 aromatic heterocycles. The molecule has 0 radical (unpaired) electrons. The monoisotopic (exact) mass is 304 g/mol. The Bertz CT molecular complexity index is 511. The molecule has 2 aliphatic rings. The lowest BCUT2D eigenvalue weighted by atomic mass is 9.85. The van der Waals surface area contributed by atoms with Crippen LogP contribution in [-0.4, -0.2) is 24.0 Å².